The van der Waals surface area contributed by atoms with Gasteiger partial charge in [-0.2, -0.15) is 0 Å². The Morgan fingerprint density at radius 3 is 2.27 bits per heavy atom. The van der Waals surface area contributed by atoms with Gasteiger partial charge in [0.2, 0.25) is 0 Å². The number of rotatable bonds is 4. The topological polar surface area (TPSA) is 72.5 Å². The fourth-order valence-electron chi connectivity index (χ4n) is 0.767. The highest BCUT2D eigenvalue weighted by Gasteiger charge is 2.16. The fourth-order valence-corrected chi connectivity index (χ4v) is 1.47. The molecule has 1 N–H and O–H groups in total. The van der Waals surface area contributed by atoms with Crippen LogP contribution in [0.25, 0.3) is 0 Å². The zero-order valence-corrected chi connectivity index (χ0v) is 10.5. The van der Waals surface area contributed by atoms with Crippen molar-refractivity contribution in [1.82, 2.24) is 5.32 Å². The van der Waals surface area contributed by atoms with Crippen LogP contribution in [0.5, 0.6) is 0 Å². The predicted molar refractivity (Wildman–Crippen MR) is 58.6 cm³/mol. The molecule has 0 radical (unpaired) electrons. The molecular weight excluding hydrogens is 218 g/mol. The number of ether oxygens (including phenoxy) is 1. The van der Waals surface area contributed by atoms with Crippen LogP contribution < -0.4 is 5.32 Å². The minimum Gasteiger partial charge on any atom is -0.444 e. The average Bonchev–Trinajstić information content (AvgIpc) is 2.00. The number of amides is 1. The second kappa shape index (κ2) is 5.34. The number of nitrogens with one attached hydrogen (secondary N) is 1. The van der Waals surface area contributed by atoms with Gasteiger partial charge in [0, 0.05) is 12.3 Å². The average molecular weight is 237 g/mol. The normalized spacial score (nSPS) is 12.3. The fraction of sp³-hybridized carbons (Fsp3) is 0.889. The van der Waals surface area contributed by atoms with Gasteiger partial charge in [0.25, 0.3) is 0 Å². The van der Waals surface area contributed by atoms with Gasteiger partial charge in [-0.15, -0.1) is 0 Å². The summed E-state index contributed by atoms with van der Waals surface area (Å²) in [6.45, 7) is 6.90. The molecule has 0 spiro atoms. The van der Waals surface area contributed by atoms with E-state index in [-0.39, 0.29) is 18.1 Å². The summed E-state index contributed by atoms with van der Waals surface area (Å²) in [6.07, 6.45) is -0.589. The van der Waals surface area contributed by atoms with E-state index in [2.05, 4.69) is 5.32 Å². The van der Waals surface area contributed by atoms with E-state index in [4.69, 9.17) is 4.74 Å². The molecule has 5 nitrogen and oxygen atoms in total. The molecule has 15 heavy (non-hydrogen) atoms. The number of hydrogen-bond acceptors (Lipinski definition) is 4. The molecule has 6 heteroatoms. The lowest BCUT2D eigenvalue weighted by Crippen LogP contribution is -2.35. The molecule has 0 atom stereocenters. The molecule has 90 valence electrons. The first-order valence-corrected chi connectivity index (χ1v) is 6.66. The minimum absolute atomic E-state index is 0.0528. The van der Waals surface area contributed by atoms with Crippen LogP contribution in [-0.4, -0.2) is 38.2 Å². The van der Waals surface area contributed by atoms with Crippen molar-refractivity contribution in [1.29, 1.82) is 0 Å². The third-order valence-corrected chi connectivity index (χ3v) is 3.23. The highest BCUT2D eigenvalue weighted by atomic mass is 32.2. The molecule has 0 aliphatic heterocycles. The third kappa shape index (κ3) is 8.23. The lowest BCUT2D eigenvalue weighted by molar-refractivity contribution is 0.0531. The summed E-state index contributed by atoms with van der Waals surface area (Å²) in [5.74, 6) is 0.0335. The Kier molecular flexibility index (Phi) is 5.07. The summed E-state index contributed by atoms with van der Waals surface area (Å²) in [7, 11) is -3.03. The van der Waals surface area contributed by atoms with Crippen LogP contribution in [0, 0.1) is 0 Å². The van der Waals surface area contributed by atoms with Crippen molar-refractivity contribution in [3.05, 3.63) is 0 Å². The van der Waals surface area contributed by atoms with Crippen molar-refractivity contribution < 1.29 is 17.9 Å². The van der Waals surface area contributed by atoms with Gasteiger partial charge in [0.1, 0.15) is 5.60 Å². The molecule has 0 aromatic rings. The van der Waals surface area contributed by atoms with E-state index in [1.807, 2.05) is 0 Å². The van der Waals surface area contributed by atoms with E-state index in [0.29, 0.717) is 0 Å². The molecule has 0 aromatic heterocycles. The number of carbonyl (C=O) groups excluding carboxylic acids is 1. The molecule has 0 rings (SSSR count). The molecule has 0 aromatic carbocycles. The molecule has 0 saturated carbocycles. The maximum Gasteiger partial charge on any atom is 0.407 e. The van der Waals surface area contributed by atoms with E-state index >= 15 is 0 Å². The maximum atomic E-state index is 11.1. The largest absolute Gasteiger partial charge is 0.444 e. The van der Waals surface area contributed by atoms with Gasteiger partial charge >= 0.3 is 6.09 Å². The van der Waals surface area contributed by atoms with Crippen LogP contribution in [0.15, 0.2) is 0 Å². The van der Waals surface area contributed by atoms with Gasteiger partial charge in [0.05, 0.1) is 5.75 Å². The van der Waals surface area contributed by atoms with Crippen molar-refractivity contribution in [2.24, 2.45) is 0 Å². The van der Waals surface area contributed by atoms with E-state index in [1.54, 1.807) is 27.7 Å². The van der Waals surface area contributed by atoms with Crippen LogP contribution in [0.4, 0.5) is 4.79 Å². The highest BCUT2D eigenvalue weighted by molar-refractivity contribution is 7.91. The summed E-state index contributed by atoms with van der Waals surface area (Å²) in [4.78, 5) is 11.1. The van der Waals surface area contributed by atoms with E-state index < -0.39 is 21.5 Å². The van der Waals surface area contributed by atoms with Gasteiger partial charge in [-0.25, -0.2) is 13.2 Å². The molecule has 0 bridgehead atoms. The van der Waals surface area contributed by atoms with Crippen LogP contribution >= 0.6 is 0 Å². The van der Waals surface area contributed by atoms with Crippen LogP contribution in [-0.2, 0) is 14.6 Å². The van der Waals surface area contributed by atoms with Crippen molar-refractivity contribution in [2.75, 3.05) is 18.1 Å². The summed E-state index contributed by atoms with van der Waals surface area (Å²) in [6, 6.07) is 0. The second-order valence-corrected chi connectivity index (χ2v) is 6.64. The van der Waals surface area contributed by atoms with Crippen molar-refractivity contribution in [2.45, 2.75) is 33.3 Å². The van der Waals surface area contributed by atoms with Crippen molar-refractivity contribution >= 4 is 15.9 Å². The van der Waals surface area contributed by atoms with Crippen LogP contribution in [0.1, 0.15) is 27.7 Å². The number of hydrogen-bond donors (Lipinski definition) is 1. The second-order valence-electron chi connectivity index (χ2n) is 4.17. The molecule has 0 fully saturated rings. The smallest absolute Gasteiger partial charge is 0.407 e. The van der Waals surface area contributed by atoms with Crippen molar-refractivity contribution in [3.8, 4) is 0 Å². The SMILES string of the molecule is CCS(=O)(=O)CCNC(=O)OC(C)(C)C. The van der Waals surface area contributed by atoms with Crippen molar-refractivity contribution in [3.63, 3.8) is 0 Å². The van der Waals surface area contributed by atoms with E-state index in [0.717, 1.165) is 0 Å². The molecule has 0 unspecified atom stereocenters. The Morgan fingerprint density at radius 2 is 1.87 bits per heavy atom. The molecular formula is C9H19NO4S. The quantitative estimate of drug-likeness (QED) is 0.790. The minimum atomic E-state index is -3.03. The number of sulfone groups is 1. The van der Waals surface area contributed by atoms with Gasteiger partial charge in [-0.05, 0) is 20.8 Å². The van der Waals surface area contributed by atoms with Gasteiger partial charge in [-0.3, -0.25) is 0 Å². The maximum absolute atomic E-state index is 11.1. The summed E-state index contributed by atoms with van der Waals surface area (Å²) in [5.41, 5.74) is -0.562. The van der Waals surface area contributed by atoms with Gasteiger partial charge in [-0.1, -0.05) is 6.92 Å². The summed E-state index contributed by atoms with van der Waals surface area (Å²) in [5, 5.41) is 2.39. The molecule has 0 aliphatic rings. The molecule has 0 aliphatic carbocycles. The van der Waals surface area contributed by atoms with Gasteiger partial charge < -0.3 is 10.1 Å². The summed E-state index contributed by atoms with van der Waals surface area (Å²) >= 11 is 0. The molecule has 0 heterocycles. The zero-order valence-electron chi connectivity index (χ0n) is 9.66. The van der Waals surface area contributed by atoms with Crippen LogP contribution in [0.2, 0.25) is 0 Å². The number of alkyl carbamates (subject to hydrolysis) is 1. The standard InChI is InChI=1S/C9H19NO4S/c1-5-15(12,13)7-6-10-8(11)14-9(2,3)4/h5-7H2,1-4H3,(H,10,11). The third-order valence-electron chi connectivity index (χ3n) is 1.52. The monoisotopic (exact) mass is 237 g/mol. The first-order valence-electron chi connectivity index (χ1n) is 4.83. The molecule has 1 amide bonds. The van der Waals surface area contributed by atoms with E-state index in [9.17, 15) is 13.2 Å². The predicted octanol–water partition coefficient (Wildman–Crippen LogP) is 0.946. The van der Waals surface area contributed by atoms with Gasteiger partial charge in [0.15, 0.2) is 9.84 Å². The Morgan fingerprint density at radius 1 is 1.33 bits per heavy atom. The van der Waals surface area contributed by atoms with E-state index in [1.165, 1.54) is 0 Å². The number of carbonyl (C=O) groups is 1. The highest BCUT2D eigenvalue weighted by Crippen LogP contribution is 2.06. The Balaban J connectivity index is 3.84. The Hall–Kier alpha value is -0.780. The first-order chi connectivity index (χ1) is 6.66. The Bertz CT molecular complexity index is 303. The molecule has 0 saturated heterocycles. The lowest BCUT2D eigenvalue weighted by Gasteiger charge is -2.19. The lowest BCUT2D eigenvalue weighted by atomic mass is 10.2. The first kappa shape index (κ1) is 14.2. The summed E-state index contributed by atoms with van der Waals surface area (Å²) < 4.78 is 27.1. The Labute approximate surface area is 91.1 Å². The van der Waals surface area contributed by atoms with Crippen LogP contribution in [0.3, 0.4) is 0 Å². The zero-order chi connectivity index (χ0) is 12.1.